The van der Waals surface area contributed by atoms with Crippen molar-refractivity contribution in [2.75, 3.05) is 20.3 Å². The minimum atomic E-state index is 0.274. The molecule has 0 aliphatic carbocycles. The Morgan fingerprint density at radius 1 is 1.45 bits per heavy atom. The highest BCUT2D eigenvalue weighted by Crippen LogP contribution is 2.10. The van der Waals surface area contributed by atoms with Gasteiger partial charge < -0.3 is 19.1 Å². The molecular weight excluding hydrogens is 258 g/mol. The molecule has 0 aromatic carbocycles. The number of nitrogens with zero attached hydrogens (tertiary/aromatic N) is 4. The molecule has 0 saturated carbocycles. The van der Waals surface area contributed by atoms with E-state index in [1.165, 1.54) is 0 Å². The van der Waals surface area contributed by atoms with Crippen molar-refractivity contribution in [2.45, 2.75) is 32.9 Å². The van der Waals surface area contributed by atoms with Gasteiger partial charge in [-0.2, -0.15) is 4.98 Å². The van der Waals surface area contributed by atoms with E-state index in [-0.39, 0.29) is 5.92 Å². The summed E-state index contributed by atoms with van der Waals surface area (Å²) in [4.78, 5) is 8.66. The minimum Gasteiger partial charge on any atom is -0.383 e. The third-order valence-electron chi connectivity index (χ3n) is 2.79. The molecule has 0 unspecified atom stereocenters. The van der Waals surface area contributed by atoms with E-state index in [1.807, 2.05) is 24.6 Å². The highest BCUT2D eigenvalue weighted by atomic mass is 16.5. The fourth-order valence-corrected chi connectivity index (χ4v) is 1.70. The van der Waals surface area contributed by atoms with Gasteiger partial charge in [0.2, 0.25) is 5.89 Å². The number of hydrogen-bond donors (Lipinski definition) is 1. The SMILES string of the molecule is COCCNCc1cn(Cc2nc(C(C)C)no2)cn1. The largest absolute Gasteiger partial charge is 0.383 e. The van der Waals surface area contributed by atoms with Gasteiger partial charge in [-0.15, -0.1) is 0 Å². The maximum absolute atomic E-state index is 5.21. The maximum atomic E-state index is 5.21. The van der Waals surface area contributed by atoms with Gasteiger partial charge in [0, 0.05) is 32.3 Å². The molecule has 0 aliphatic heterocycles. The summed E-state index contributed by atoms with van der Waals surface area (Å²) >= 11 is 0. The molecule has 0 atom stereocenters. The molecule has 1 N–H and O–H groups in total. The summed E-state index contributed by atoms with van der Waals surface area (Å²) in [6, 6.07) is 0. The molecule has 7 heteroatoms. The summed E-state index contributed by atoms with van der Waals surface area (Å²) in [6.45, 7) is 6.85. The van der Waals surface area contributed by atoms with Crippen molar-refractivity contribution in [3.05, 3.63) is 29.9 Å². The third kappa shape index (κ3) is 4.14. The van der Waals surface area contributed by atoms with Gasteiger partial charge in [-0.25, -0.2) is 4.98 Å². The Kier molecular flexibility index (Phi) is 5.25. The molecule has 0 radical (unpaired) electrons. The summed E-state index contributed by atoms with van der Waals surface area (Å²) in [5.41, 5.74) is 0.977. The topological polar surface area (TPSA) is 78.0 Å². The quantitative estimate of drug-likeness (QED) is 0.731. The Labute approximate surface area is 118 Å². The van der Waals surface area contributed by atoms with E-state index in [2.05, 4.69) is 20.4 Å². The lowest BCUT2D eigenvalue weighted by atomic mass is 10.2. The van der Waals surface area contributed by atoms with E-state index in [0.717, 1.165) is 24.6 Å². The third-order valence-corrected chi connectivity index (χ3v) is 2.79. The molecule has 2 aromatic heterocycles. The van der Waals surface area contributed by atoms with Crippen LogP contribution in [0.5, 0.6) is 0 Å². The first kappa shape index (κ1) is 14.7. The number of nitrogens with one attached hydrogen (secondary N) is 1. The number of imidazole rings is 1. The summed E-state index contributed by atoms with van der Waals surface area (Å²) in [7, 11) is 1.69. The number of rotatable bonds is 8. The molecule has 2 aromatic rings. The van der Waals surface area contributed by atoms with Crippen LogP contribution in [0.2, 0.25) is 0 Å². The van der Waals surface area contributed by atoms with Gasteiger partial charge in [0.25, 0.3) is 0 Å². The van der Waals surface area contributed by atoms with E-state index in [0.29, 0.717) is 19.0 Å². The van der Waals surface area contributed by atoms with Crippen LogP contribution in [0.25, 0.3) is 0 Å². The lowest BCUT2D eigenvalue weighted by Crippen LogP contribution is -2.18. The first-order valence-corrected chi connectivity index (χ1v) is 6.72. The Hall–Kier alpha value is -1.73. The molecule has 0 amide bonds. The maximum Gasteiger partial charge on any atom is 0.246 e. The molecule has 20 heavy (non-hydrogen) atoms. The average Bonchev–Trinajstić information content (AvgIpc) is 3.05. The van der Waals surface area contributed by atoms with E-state index < -0.39 is 0 Å². The molecule has 0 fully saturated rings. The van der Waals surface area contributed by atoms with Gasteiger partial charge in [-0.05, 0) is 0 Å². The Bertz CT molecular complexity index is 520. The van der Waals surface area contributed by atoms with Crippen LogP contribution in [-0.4, -0.2) is 40.0 Å². The van der Waals surface area contributed by atoms with E-state index in [1.54, 1.807) is 13.4 Å². The lowest BCUT2D eigenvalue weighted by molar-refractivity contribution is 0.199. The van der Waals surface area contributed by atoms with Gasteiger partial charge in [0.1, 0.15) is 6.54 Å². The second kappa shape index (κ2) is 7.16. The first-order valence-electron chi connectivity index (χ1n) is 6.72. The molecule has 2 rings (SSSR count). The van der Waals surface area contributed by atoms with Gasteiger partial charge in [0.05, 0.1) is 18.6 Å². The number of methoxy groups -OCH3 is 1. The normalized spacial score (nSPS) is 11.4. The fraction of sp³-hybridized carbons (Fsp3) is 0.615. The molecule has 110 valence electrons. The highest BCUT2D eigenvalue weighted by Gasteiger charge is 2.10. The Morgan fingerprint density at radius 3 is 3.00 bits per heavy atom. The number of ether oxygens (including phenoxy) is 1. The van der Waals surface area contributed by atoms with Crippen molar-refractivity contribution in [1.29, 1.82) is 0 Å². The number of hydrogen-bond acceptors (Lipinski definition) is 6. The smallest absolute Gasteiger partial charge is 0.246 e. The van der Waals surface area contributed by atoms with Crippen molar-refractivity contribution in [2.24, 2.45) is 0 Å². The van der Waals surface area contributed by atoms with Crippen molar-refractivity contribution >= 4 is 0 Å². The van der Waals surface area contributed by atoms with E-state index >= 15 is 0 Å². The van der Waals surface area contributed by atoms with Crippen molar-refractivity contribution < 1.29 is 9.26 Å². The zero-order chi connectivity index (χ0) is 14.4. The molecule has 7 nitrogen and oxygen atoms in total. The minimum absolute atomic E-state index is 0.274. The Morgan fingerprint density at radius 2 is 2.30 bits per heavy atom. The molecule has 0 bridgehead atoms. The summed E-state index contributed by atoms with van der Waals surface area (Å²) in [6.07, 6.45) is 3.74. The van der Waals surface area contributed by atoms with Gasteiger partial charge >= 0.3 is 0 Å². The van der Waals surface area contributed by atoms with Crippen LogP contribution in [-0.2, 0) is 17.8 Å². The zero-order valence-corrected chi connectivity index (χ0v) is 12.2. The predicted molar refractivity (Wildman–Crippen MR) is 73.3 cm³/mol. The van der Waals surface area contributed by atoms with Crippen molar-refractivity contribution in [3.63, 3.8) is 0 Å². The predicted octanol–water partition coefficient (Wildman–Crippen LogP) is 1.17. The molecule has 0 aliphatic rings. The summed E-state index contributed by atoms with van der Waals surface area (Å²) < 4.78 is 12.1. The van der Waals surface area contributed by atoms with Gasteiger partial charge in [-0.3, -0.25) is 0 Å². The van der Waals surface area contributed by atoms with Crippen LogP contribution < -0.4 is 5.32 Å². The summed E-state index contributed by atoms with van der Waals surface area (Å²) in [5.74, 6) is 1.61. The molecular formula is C13H21N5O2. The van der Waals surface area contributed by atoms with E-state index in [4.69, 9.17) is 9.26 Å². The highest BCUT2D eigenvalue weighted by molar-refractivity contribution is 4.99. The van der Waals surface area contributed by atoms with E-state index in [9.17, 15) is 0 Å². The first-order chi connectivity index (χ1) is 9.69. The molecule has 0 spiro atoms. The van der Waals surface area contributed by atoms with Crippen LogP contribution in [0, 0.1) is 0 Å². The monoisotopic (exact) mass is 279 g/mol. The second-order valence-electron chi connectivity index (χ2n) is 4.91. The standard InChI is InChI=1S/C13H21N5O2/c1-10(2)13-16-12(20-17-13)8-18-7-11(15-9-18)6-14-4-5-19-3/h7,9-10,14H,4-6,8H2,1-3H3. The number of aromatic nitrogens is 4. The van der Waals surface area contributed by atoms with Crippen LogP contribution in [0.15, 0.2) is 17.0 Å². The zero-order valence-electron chi connectivity index (χ0n) is 12.2. The van der Waals surface area contributed by atoms with Crippen LogP contribution in [0.4, 0.5) is 0 Å². The molecule has 2 heterocycles. The van der Waals surface area contributed by atoms with Crippen molar-refractivity contribution in [3.8, 4) is 0 Å². The average molecular weight is 279 g/mol. The Balaban J connectivity index is 1.85. The van der Waals surface area contributed by atoms with Crippen LogP contribution in [0.1, 0.15) is 37.2 Å². The fourth-order valence-electron chi connectivity index (χ4n) is 1.70. The van der Waals surface area contributed by atoms with Crippen LogP contribution in [0.3, 0.4) is 0 Å². The molecule has 0 saturated heterocycles. The van der Waals surface area contributed by atoms with Crippen LogP contribution >= 0.6 is 0 Å². The van der Waals surface area contributed by atoms with Gasteiger partial charge in [-0.1, -0.05) is 19.0 Å². The van der Waals surface area contributed by atoms with Crippen molar-refractivity contribution in [1.82, 2.24) is 25.0 Å². The summed E-state index contributed by atoms with van der Waals surface area (Å²) in [5, 5.41) is 7.19. The van der Waals surface area contributed by atoms with Gasteiger partial charge in [0.15, 0.2) is 5.82 Å². The second-order valence-corrected chi connectivity index (χ2v) is 4.91. The lowest BCUT2D eigenvalue weighted by Gasteiger charge is -2.00.